The summed E-state index contributed by atoms with van der Waals surface area (Å²) in [6.07, 6.45) is -0.761. The van der Waals surface area contributed by atoms with Crippen LogP contribution >= 0.6 is 12.2 Å². The van der Waals surface area contributed by atoms with Crippen LogP contribution in [0.1, 0.15) is 13.8 Å². The summed E-state index contributed by atoms with van der Waals surface area (Å²) in [6.45, 7) is 4.19. The number of carbonyl (C=O) groups excluding carboxylic acids is 2. The molecule has 0 saturated carbocycles. The third kappa shape index (κ3) is 6.52. The standard InChI is InChI=1S/C15H21N3O4S/c1-4-18(10-13(19)17-15(20)22-5-2)14(23)16-11-6-8-12(21-3)9-7-11/h6-9H,4-5,10H2,1-3H3,(H,16,23)(H,17,19,20). The van der Waals surface area contributed by atoms with Gasteiger partial charge in [-0.05, 0) is 50.3 Å². The van der Waals surface area contributed by atoms with Crippen molar-refractivity contribution in [2.24, 2.45) is 0 Å². The van der Waals surface area contributed by atoms with Crippen LogP contribution in [0.15, 0.2) is 24.3 Å². The number of likely N-dealkylation sites (N-methyl/N-ethyl adjacent to an activating group) is 1. The molecule has 2 amide bonds. The topological polar surface area (TPSA) is 79.9 Å². The lowest BCUT2D eigenvalue weighted by molar-refractivity contribution is -0.120. The minimum absolute atomic E-state index is 0.0443. The van der Waals surface area contributed by atoms with Gasteiger partial charge < -0.3 is 19.7 Å². The molecular formula is C15H21N3O4S. The lowest BCUT2D eigenvalue weighted by Gasteiger charge is -2.23. The predicted molar refractivity (Wildman–Crippen MR) is 91.6 cm³/mol. The van der Waals surface area contributed by atoms with Gasteiger partial charge in [-0.15, -0.1) is 0 Å². The van der Waals surface area contributed by atoms with Crippen molar-refractivity contribution in [3.63, 3.8) is 0 Å². The molecule has 0 fully saturated rings. The average Bonchev–Trinajstić information content (AvgIpc) is 2.53. The number of benzene rings is 1. The van der Waals surface area contributed by atoms with E-state index in [0.717, 1.165) is 11.4 Å². The summed E-state index contributed by atoms with van der Waals surface area (Å²) in [4.78, 5) is 24.6. The molecule has 7 nitrogen and oxygen atoms in total. The van der Waals surface area contributed by atoms with E-state index in [9.17, 15) is 9.59 Å². The molecule has 0 spiro atoms. The van der Waals surface area contributed by atoms with Crippen LogP contribution in [0.4, 0.5) is 10.5 Å². The Morgan fingerprint density at radius 2 is 1.87 bits per heavy atom. The SMILES string of the molecule is CCOC(=O)NC(=O)CN(CC)C(=S)Nc1ccc(OC)cc1. The predicted octanol–water partition coefficient (Wildman–Crippen LogP) is 1.99. The number of nitrogens with one attached hydrogen (secondary N) is 2. The second-order valence-electron chi connectivity index (χ2n) is 4.44. The minimum atomic E-state index is -0.761. The zero-order chi connectivity index (χ0) is 17.2. The van der Waals surface area contributed by atoms with Crippen molar-refractivity contribution in [3.8, 4) is 5.75 Å². The molecule has 0 aliphatic rings. The summed E-state index contributed by atoms with van der Waals surface area (Å²) in [6, 6.07) is 7.23. The molecule has 0 aliphatic heterocycles. The third-order valence-electron chi connectivity index (χ3n) is 2.86. The maximum atomic E-state index is 11.8. The third-order valence-corrected chi connectivity index (χ3v) is 3.22. The number of amides is 2. The summed E-state index contributed by atoms with van der Waals surface area (Å²) in [5.41, 5.74) is 0.778. The summed E-state index contributed by atoms with van der Waals surface area (Å²) < 4.78 is 9.74. The molecule has 2 N–H and O–H groups in total. The number of nitrogens with zero attached hydrogens (tertiary/aromatic N) is 1. The first kappa shape index (κ1) is 18.7. The quantitative estimate of drug-likeness (QED) is 0.767. The van der Waals surface area contributed by atoms with Crippen molar-refractivity contribution in [1.82, 2.24) is 10.2 Å². The van der Waals surface area contributed by atoms with E-state index in [2.05, 4.69) is 15.4 Å². The molecule has 0 bridgehead atoms. The lowest BCUT2D eigenvalue weighted by atomic mass is 10.3. The van der Waals surface area contributed by atoms with Crippen LogP contribution in [0.5, 0.6) is 5.75 Å². The number of rotatable bonds is 6. The summed E-state index contributed by atoms with van der Waals surface area (Å²) >= 11 is 5.29. The van der Waals surface area contributed by atoms with Crippen LogP contribution in [-0.4, -0.2) is 48.8 Å². The zero-order valence-electron chi connectivity index (χ0n) is 13.4. The Morgan fingerprint density at radius 1 is 1.22 bits per heavy atom. The number of hydrogen-bond acceptors (Lipinski definition) is 5. The molecule has 1 aromatic rings. The number of ether oxygens (including phenoxy) is 2. The van der Waals surface area contributed by atoms with E-state index in [0.29, 0.717) is 11.7 Å². The highest BCUT2D eigenvalue weighted by atomic mass is 32.1. The molecule has 0 aromatic heterocycles. The smallest absolute Gasteiger partial charge is 0.413 e. The number of thiocarbonyl (C=S) groups is 1. The Kier molecular flexibility index (Phi) is 7.82. The van der Waals surface area contributed by atoms with E-state index in [4.69, 9.17) is 17.0 Å². The van der Waals surface area contributed by atoms with E-state index >= 15 is 0 Å². The Bertz CT molecular complexity index is 548. The molecule has 8 heteroatoms. The molecule has 1 rings (SSSR count). The second-order valence-corrected chi connectivity index (χ2v) is 4.83. The molecule has 126 valence electrons. The molecule has 1 aromatic carbocycles. The van der Waals surface area contributed by atoms with E-state index in [1.54, 1.807) is 31.1 Å². The van der Waals surface area contributed by atoms with Crippen LogP contribution < -0.4 is 15.4 Å². The fourth-order valence-electron chi connectivity index (χ4n) is 1.70. The fraction of sp³-hybridized carbons (Fsp3) is 0.400. The second kappa shape index (κ2) is 9.62. The maximum Gasteiger partial charge on any atom is 0.413 e. The first-order valence-electron chi connectivity index (χ1n) is 7.16. The first-order chi connectivity index (χ1) is 11.0. The van der Waals surface area contributed by atoms with Crippen LogP contribution in [-0.2, 0) is 9.53 Å². The number of carbonyl (C=O) groups is 2. The number of methoxy groups -OCH3 is 1. The highest BCUT2D eigenvalue weighted by Crippen LogP contribution is 2.15. The zero-order valence-corrected chi connectivity index (χ0v) is 14.2. The number of alkyl carbamates (subject to hydrolysis) is 1. The van der Waals surface area contributed by atoms with Crippen LogP contribution in [0.25, 0.3) is 0 Å². The van der Waals surface area contributed by atoms with Gasteiger partial charge in [-0.2, -0.15) is 0 Å². The molecule has 0 aliphatic carbocycles. The summed E-state index contributed by atoms with van der Waals surface area (Å²) in [5, 5.41) is 5.55. The van der Waals surface area contributed by atoms with Gasteiger partial charge in [-0.1, -0.05) is 0 Å². The molecule has 0 radical (unpaired) electrons. The fourth-order valence-corrected chi connectivity index (χ4v) is 2.01. The summed E-state index contributed by atoms with van der Waals surface area (Å²) in [7, 11) is 1.59. The van der Waals surface area contributed by atoms with Crippen LogP contribution in [0, 0.1) is 0 Å². The van der Waals surface area contributed by atoms with Crippen molar-refractivity contribution >= 4 is 35.0 Å². The highest BCUT2D eigenvalue weighted by molar-refractivity contribution is 7.80. The Labute approximate surface area is 140 Å². The average molecular weight is 339 g/mol. The van der Waals surface area contributed by atoms with Gasteiger partial charge in [0.15, 0.2) is 5.11 Å². The van der Waals surface area contributed by atoms with Gasteiger partial charge in [0.05, 0.1) is 20.3 Å². The number of imide groups is 1. The molecule has 23 heavy (non-hydrogen) atoms. The van der Waals surface area contributed by atoms with Crippen molar-refractivity contribution in [2.45, 2.75) is 13.8 Å². The molecular weight excluding hydrogens is 318 g/mol. The van der Waals surface area contributed by atoms with Gasteiger partial charge in [0, 0.05) is 12.2 Å². The van der Waals surface area contributed by atoms with Crippen molar-refractivity contribution in [2.75, 3.05) is 32.1 Å². The van der Waals surface area contributed by atoms with Crippen LogP contribution in [0.3, 0.4) is 0 Å². The summed E-state index contributed by atoms with van der Waals surface area (Å²) in [5.74, 6) is 0.256. The van der Waals surface area contributed by atoms with E-state index in [1.807, 2.05) is 19.1 Å². The minimum Gasteiger partial charge on any atom is -0.497 e. The molecule has 0 saturated heterocycles. The first-order valence-corrected chi connectivity index (χ1v) is 7.57. The lowest BCUT2D eigenvalue weighted by Crippen LogP contribution is -2.44. The van der Waals surface area contributed by atoms with Crippen molar-refractivity contribution < 1.29 is 19.1 Å². The van der Waals surface area contributed by atoms with E-state index < -0.39 is 12.0 Å². The van der Waals surface area contributed by atoms with Crippen molar-refractivity contribution in [1.29, 1.82) is 0 Å². The van der Waals surface area contributed by atoms with Crippen LogP contribution in [0.2, 0.25) is 0 Å². The number of anilines is 1. The van der Waals surface area contributed by atoms with Gasteiger partial charge in [0.2, 0.25) is 5.91 Å². The molecule has 0 atom stereocenters. The van der Waals surface area contributed by atoms with Gasteiger partial charge >= 0.3 is 6.09 Å². The maximum absolute atomic E-state index is 11.8. The Hall–Kier alpha value is -2.35. The van der Waals surface area contributed by atoms with Gasteiger partial charge in [-0.3, -0.25) is 10.1 Å². The van der Waals surface area contributed by atoms with Gasteiger partial charge in [-0.25, -0.2) is 4.79 Å². The molecule has 0 unspecified atom stereocenters. The normalized spacial score (nSPS) is 9.70. The van der Waals surface area contributed by atoms with Gasteiger partial charge in [0.1, 0.15) is 5.75 Å². The van der Waals surface area contributed by atoms with Crippen molar-refractivity contribution in [3.05, 3.63) is 24.3 Å². The Balaban J connectivity index is 2.56. The largest absolute Gasteiger partial charge is 0.497 e. The molecule has 0 heterocycles. The van der Waals surface area contributed by atoms with E-state index in [-0.39, 0.29) is 13.2 Å². The highest BCUT2D eigenvalue weighted by Gasteiger charge is 2.15. The Morgan fingerprint density at radius 3 is 2.39 bits per heavy atom. The number of hydrogen-bond donors (Lipinski definition) is 2. The monoisotopic (exact) mass is 339 g/mol. The van der Waals surface area contributed by atoms with E-state index in [1.165, 1.54) is 0 Å². The van der Waals surface area contributed by atoms with Gasteiger partial charge in [0.25, 0.3) is 0 Å².